The minimum atomic E-state index is -3.78. The molecule has 0 unspecified atom stereocenters. The lowest BCUT2D eigenvalue weighted by Gasteiger charge is -2.09. The first-order valence-corrected chi connectivity index (χ1v) is 7.70. The molecular weight excluding hydrogens is 333 g/mol. The molecule has 0 heterocycles. The lowest BCUT2D eigenvalue weighted by molar-refractivity contribution is 0.595. The Balaban J connectivity index is 2.36. The van der Waals surface area contributed by atoms with Crippen LogP contribution in [0.1, 0.15) is 5.56 Å². The molecule has 3 nitrogen and oxygen atoms in total. The average Bonchev–Trinajstić information content (AvgIpc) is 2.26. The van der Waals surface area contributed by atoms with Crippen LogP contribution >= 0.6 is 15.9 Å². The summed E-state index contributed by atoms with van der Waals surface area (Å²) < 4.78 is 40.4. The van der Waals surface area contributed by atoms with Crippen molar-refractivity contribution in [2.75, 3.05) is 4.72 Å². The maximum Gasteiger partial charge on any atom is 0.261 e. The molecule has 0 bridgehead atoms. The van der Waals surface area contributed by atoms with E-state index in [1.54, 1.807) is 12.1 Å². The predicted octanol–water partition coefficient (Wildman–Crippen LogP) is 3.70. The van der Waals surface area contributed by atoms with Crippen LogP contribution in [0.4, 0.5) is 10.1 Å². The first kappa shape index (κ1) is 14.0. The molecule has 0 fully saturated rings. The first-order valence-electron chi connectivity index (χ1n) is 5.42. The van der Waals surface area contributed by atoms with Gasteiger partial charge in [-0.15, -0.1) is 0 Å². The molecule has 100 valence electrons. The van der Waals surface area contributed by atoms with Crippen LogP contribution in [-0.4, -0.2) is 8.42 Å². The molecule has 0 saturated carbocycles. The van der Waals surface area contributed by atoms with E-state index in [2.05, 4.69) is 20.7 Å². The highest BCUT2D eigenvalue weighted by Gasteiger charge is 2.15. The normalized spacial score (nSPS) is 11.3. The Morgan fingerprint density at radius 3 is 2.53 bits per heavy atom. The lowest BCUT2D eigenvalue weighted by atomic mass is 10.2. The summed E-state index contributed by atoms with van der Waals surface area (Å²) in [5, 5.41) is 0. The molecule has 0 amide bonds. The third-order valence-electron chi connectivity index (χ3n) is 2.40. The summed E-state index contributed by atoms with van der Waals surface area (Å²) in [7, 11) is -3.78. The molecule has 2 aromatic carbocycles. The topological polar surface area (TPSA) is 46.2 Å². The zero-order chi connectivity index (χ0) is 14.0. The quantitative estimate of drug-likeness (QED) is 0.923. The standard InChI is InChI=1S/C13H11BrFNO2S/c1-9-5-10(14)7-12(6-9)16-19(17,18)13-4-2-3-11(15)8-13/h2-8,16H,1H3. The van der Waals surface area contributed by atoms with Gasteiger partial charge in [0.05, 0.1) is 10.6 Å². The maximum absolute atomic E-state index is 13.1. The van der Waals surface area contributed by atoms with E-state index in [1.165, 1.54) is 18.2 Å². The Hall–Kier alpha value is -1.40. The van der Waals surface area contributed by atoms with Gasteiger partial charge < -0.3 is 0 Å². The summed E-state index contributed by atoms with van der Waals surface area (Å²) in [4.78, 5) is -0.106. The molecule has 6 heteroatoms. The van der Waals surface area contributed by atoms with Crippen LogP contribution in [0, 0.1) is 12.7 Å². The fourth-order valence-corrected chi connectivity index (χ4v) is 3.32. The highest BCUT2D eigenvalue weighted by molar-refractivity contribution is 9.10. The van der Waals surface area contributed by atoms with Crippen LogP contribution in [-0.2, 0) is 10.0 Å². The fourth-order valence-electron chi connectivity index (χ4n) is 1.64. The molecule has 0 saturated heterocycles. The van der Waals surface area contributed by atoms with Crippen LogP contribution in [0.25, 0.3) is 0 Å². The van der Waals surface area contributed by atoms with Crippen molar-refractivity contribution in [2.45, 2.75) is 11.8 Å². The van der Waals surface area contributed by atoms with E-state index >= 15 is 0 Å². The Kier molecular flexibility index (Phi) is 3.91. The van der Waals surface area contributed by atoms with Gasteiger partial charge in [-0.1, -0.05) is 22.0 Å². The Morgan fingerprint density at radius 1 is 1.16 bits per heavy atom. The number of hydrogen-bond acceptors (Lipinski definition) is 2. The lowest BCUT2D eigenvalue weighted by Crippen LogP contribution is -2.13. The smallest absolute Gasteiger partial charge is 0.261 e. The monoisotopic (exact) mass is 343 g/mol. The summed E-state index contributed by atoms with van der Waals surface area (Å²) in [6.45, 7) is 1.85. The highest BCUT2D eigenvalue weighted by Crippen LogP contribution is 2.22. The first-order chi connectivity index (χ1) is 8.87. The van der Waals surface area contributed by atoms with Crippen molar-refractivity contribution in [3.63, 3.8) is 0 Å². The van der Waals surface area contributed by atoms with Crippen LogP contribution < -0.4 is 4.72 Å². The zero-order valence-corrected chi connectivity index (χ0v) is 12.4. The Bertz CT molecular complexity index is 696. The second kappa shape index (κ2) is 5.30. The zero-order valence-electron chi connectivity index (χ0n) is 10.0. The van der Waals surface area contributed by atoms with E-state index in [1.807, 2.05) is 13.0 Å². The third kappa shape index (κ3) is 3.54. The van der Waals surface area contributed by atoms with Crippen LogP contribution in [0.2, 0.25) is 0 Å². The number of nitrogens with one attached hydrogen (secondary N) is 1. The van der Waals surface area contributed by atoms with Gasteiger partial charge in [0.2, 0.25) is 0 Å². The van der Waals surface area contributed by atoms with Gasteiger partial charge in [0, 0.05) is 4.47 Å². The van der Waals surface area contributed by atoms with Crippen molar-refractivity contribution in [2.24, 2.45) is 0 Å². The van der Waals surface area contributed by atoms with Gasteiger partial charge >= 0.3 is 0 Å². The van der Waals surface area contributed by atoms with Gasteiger partial charge in [0.15, 0.2) is 0 Å². The number of halogens is 2. The number of rotatable bonds is 3. The minimum Gasteiger partial charge on any atom is -0.280 e. The van der Waals surface area contributed by atoms with E-state index in [0.29, 0.717) is 5.69 Å². The Labute approximate surface area is 119 Å². The summed E-state index contributed by atoms with van der Waals surface area (Å²) in [6.07, 6.45) is 0. The molecule has 0 atom stereocenters. The third-order valence-corrected chi connectivity index (χ3v) is 4.24. The molecule has 0 aliphatic carbocycles. The number of anilines is 1. The van der Waals surface area contributed by atoms with E-state index in [0.717, 1.165) is 16.1 Å². The van der Waals surface area contributed by atoms with Gasteiger partial charge in [0.1, 0.15) is 5.82 Å². The van der Waals surface area contributed by atoms with Crippen LogP contribution in [0.15, 0.2) is 51.8 Å². The largest absolute Gasteiger partial charge is 0.280 e. The molecule has 0 aromatic heterocycles. The van der Waals surface area contributed by atoms with Gasteiger partial charge in [-0.2, -0.15) is 0 Å². The van der Waals surface area contributed by atoms with Gasteiger partial charge in [0.25, 0.3) is 10.0 Å². The van der Waals surface area contributed by atoms with Crippen molar-refractivity contribution in [1.82, 2.24) is 0 Å². The fraction of sp³-hybridized carbons (Fsp3) is 0.0769. The molecule has 19 heavy (non-hydrogen) atoms. The van der Waals surface area contributed by atoms with Crippen molar-refractivity contribution in [3.05, 3.63) is 58.3 Å². The predicted molar refractivity (Wildman–Crippen MR) is 76.1 cm³/mol. The summed E-state index contributed by atoms with van der Waals surface area (Å²) >= 11 is 3.29. The molecule has 0 radical (unpaired) electrons. The summed E-state index contributed by atoms with van der Waals surface area (Å²) in [5.74, 6) is -0.590. The van der Waals surface area contributed by atoms with Crippen LogP contribution in [0.5, 0.6) is 0 Å². The minimum absolute atomic E-state index is 0.106. The molecule has 0 spiro atoms. The van der Waals surface area contributed by atoms with E-state index in [-0.39, 0.29) is 4.90 Å². The van der Waals surface area contributed by atoms with Crippen molar-refractivity contribution >= 4 is 31.6 Å². The highest BCUT2D eigenvalue weighted by atomic mass is 79.9. The van der Waals surface area contributed by atoms with Gasteiger partial charge in [-0.25, -0.2) is 12.8 Å². The second-order valence-electron chi connectivity index (χ2n) is 4.08. The molecular formula is C13H11BrFNO2S. The average molecular weight is 344 g/mol. The summed E-state index contributed by atoms with van der Waals surface area (Å²) in [5.41, 5.74) is 1.34. The van der Waals surface area contributed by atoms with E-state index in [4.69, 9.17) is 0 Å². The number of hydrogen-bond donors (Lipinski definition) is 1. The van der Waals surface area contributed by atoms with E-state index < -0.39 is 15.8 Å². The van der Waals surface area contributed by atoms with Gasteiger partial charge in [-0.3, -0.25) is 4.72 Å². The van der Waals surface area contributed by atoms with Crippen molar-refractivity contribution in [3.8, 4) is 0 Å². The molecule has 2 aromatic rings. The van der Waals surface area contributed by atoms with Crippen LogP contribution in [0.3, 0.4) is 0 Å². The number of aryl methyl sites for hydroxylation is 1. The van der Waals surface area contributed by atoms with E-state index in [9.17, 15) is 12.8 Å². The number of benzene rings is 2. The SMILES string of the molecule is Cc1cc(Br)cc(NS(=O)(=O)c2cccc(F)c2)c1. The Morgan fingerprint density at radius 2 is 1.89 bits per heavy atom. The van der Waals surface area contributed by atoms with Gasteiger partial charge in [-0.05, 0) is 48.9 Å². The summed E-state index contributed by atoms with van der Waals surface area (Å²) in [6, 6.07) is 10.1. The molecule has 0 aliphatic heterocycles. The van der Waals surface area contributed by atoms with Crippen molar-refractivity contribution < 1.29 is 12.8 Å². The molecule has 0 aliphatic rings. The molecule has 2 rings (SSSR count). The maximum atomic E-state index is 13.1. The van der Waals surface area contributed by atoms with Crippen molar-refractivity contribution in [1.29, 1.82) is 0 Å². The second-order valence-corrected chi connectivity index (χ2v) is 6.68. The molecule has 1 N–H and O–H groups in total. The number of sulfonamides is 1.